The average Bonchev–Trinajstić information content (AvgIpc) is 3.62. The van der Waals surface area contributed by atoms with Gasteiger partial charge in [0.25, 0.3) is 11.8 Å². The van der Waals surface area contributed by atoms with Crippen molar-refractivity contribution in [1.82, 2.24) is 10.6 Å². The number of amides is 3. The van der Waals surface area contributed by atoms with Crippen molar-refractivity contribution < 1.29 is 14.4 Å². The fourth-order valence-electron chi connectivity index (χ4n) is 3.28. The normalized spacial score (nSPS) is 12.9. The van der Waals surface area contributed by atoms with Gasteiger partial charge in [-0.25, -0.2) is 0 Å². The van der Waals surface area contributed by atoms with E-state index in [9.17, 15) is 14.4 Å². The second kappa shape index (κ2) is 8.78. The first-order chi connectivity index (χ1) is 14.6. The molecule has 0 bridgehead atoms. The lowest BCUT2D eigenvalue weighted by atomic mass is 10.0. The maximum absolute atomic E-state index is 12.7. The highest BCUT2D eigenvalue weighted by molar-refractivity contribution is 6.13. The van der Waals surface area contributed by atoms with Gasteiger partial charge in [0.15, 0.2) is 0 Å². The molecule has 4 rings (SSSR count). The average molecular weight is 401 g/mol. The quantitative estimate of drug-likeness (QED) is 0.531. The molecule has 0 saturated heterocycles. The molecule has 3 amide bonds. The molecule has 152 valence electrons. The van der Waals surface area contributed by atoms with Crippen molar-refractivity contribution in [1.29, 1.82) is 0 Å². The number of carbonyl (C=O) groups excluding carboxylic acids is 3. The summed E-state index contributed by atoms with van der Waals surface area (Å²) in [5, 5.41) is 10.4. The number of hydrogen-bond acceptors (Lipinski definition) is 3. The number of carbonyl (C=O) groups is 3. The summed E-state index contributed by atoms with van der Waals surface area (Å²) in [6.07, 6.45) is 1.92. The van der Waals surface area contributed by atoms with Gasteiger partial charge in [-0.1, -0.05) is 36.4 Å². The number of nitrogens with one attached hydrogen (secondary N) is 3. The van der Waals surface area contributed by atoms with E-state index >= 15 is 0 Å². The van der Waals surface area contributed by atoms with Crippen molar-refractivity contribution in [3.8, 4) is 0 Å². The number of benzene rings is 3. The summed E-state index contributed by atoms with van der Waals surface area (Å²) in [4.78, 5) is 36.5. The third-order valence-corrected chi connectivity index (χ3v) is 5.10. The van der Waals surface area contributed by atoms with Crippen LogP contribution in [0.2, 0.25) is 0 Å². The van der Waals surface area contributed by atoms with Crippen LogP contribution in [0.15, 0.2) is 66.7 Å². The molecule has 0 aromatic heterocycles. The SMILES string of the molecule is O=C(NCCNC(=O)C1CC1)c1ccc(NC(=O)c2cccc3ccccc23)cc1. The summed E-state index contributed by atoms with van der Waals surface area (Å²) in [5.41, 5.74) is 1.70. The van der Waals surface area contributed by atoms with Crippen molar-refractivity contribution in [2.75, 3.05) is 18.4 Å². The topological polar surface area (TPSA) is 87.3 Å². The van der Waals surface area contributed by atoms with Crippen LogP contribution >= 0.6 is 0 Å². The Bertz CT molecular complexity index is 1080. The summed E-state index contributed by atoms with van der Waals surface area (Å²) in [6, 6.07) is 20.1. The maximum Gasteiger partial charge on any atom is 0.256 e. The van der Waals surface area contributed by atoms with Crippen molar-refractivity contribution in [2.24, 2.45) is 5.92 Å². The van der Waals surface area contributed by atoms with Crippen molar-refractivity contribution in [3.63, 3.8) is 0 Å². The van der Waals surface area contributed by atoms with E-state index in [-0.39, 0.29) is 23.6 Å². The highest BCUT2D eigenvalue weighted by Crippen LogP contribution is 2.28. The molecule has 3 aromatic rings. The zero-order valence-electron chi connectivity index (χ0n) is 16.5. The van der Waals surface area contributed by atoms with Gasteiger partial charge in [-0.2, -0.15) is 0 Å². The molecular weight excluding hydrogens is 378 g/mol. The van der Waals surface area contributed by atoms with Crippen LogP contribution in [0.3, 0.4) is 0 Å². The van der Waals surface area contributed by atoms with Crippen LogP contribution in [0.1, 0.15) is 33.6 Å². The van der Waals surface area contributed by atoms with E-state index in [0.717, 1.165) is 23.6 Å². The largest absolute Gasteiger partial charge is 0.354 e. The lowest BCUT2D eigenvalue weighted by Gasteiger charge is -2.10. The lowest BCUT2D eigenvalue weighted by Crippen LogP contribution is -2.35. The molecule has 3 aromatic carbocycles. The predicted octanol–water partition coefficient (Wildman–Crippen LogP) is 3.35. The minimum absolute atomic E-state index is 0.0653. The summed E-state index contributed by atoms with van der Waals surface area (Å²) < 4.78 is 0. The second-order valence-corrected chi connectivity index (χ2v) is 7.38. The van der Waals surface area contributed by atoms with Gasteiger partial charge in [-0.05, 0) is 53.9 Å². The number of fused-ring (bicyclic) bond motifs is 1. The Labute approximate surface area is 174 Å². The molecular formula is C24H23N3O3. The van der Waals surface area contributed by atoms with E-state index in [4.69, 9.17) is 0 Å². The number of hydrogen-bond donors (Lipinski definition) is 3. The zero-order chi connectivity index (χ0) is 20.9. The molecule has 0 aliphatic heterocycles. The zero-order valence-corrected chi connectivity index (χ0v) is 16.5. The predicted molar refractivity (Wildman–Crippen MR) is 116 cm³/mol. The Hall–Kier alpha value is -3.67. The second-order valence-electron chi connectivity index (χ2n) is 7.38. The molecule has 0 spiro atoms. The van der Waals surface area contributed by atoms with Crippen LogP contribution in [0, 0.1) is 5.92 Å². The lowest BCUT2D eigenvalue weighted by molar-refractivity contribution is -0.122. The van der Waals surface area contributed by atoms with Gasteiger partial charge >= 0.3 is 0 Å². The Balaban J connectivity index is 1.32. The first kappa shape index (κ1) is 19.6. The fraction of sp³-hybridized carbons (Fsp3) is 0.208. The highest BCUT2D eigenvalue weighted by atomic mass is 16.2. The molecule has 0 radical (unpaired) electrons. The van der Waals surface area contributed by atoms with E-state index in [1.54, 1.807) is 30.3 Å². The molecule has 1 aliphatic carbocycles. The minimum Gasteiger partial charge on any atom is -0.354 e. The fourth-order valence-corrected chi connectivity index (χ4v) is 3.28. The molecule has 1 saturated carbocycles. The molecule has 1 aliphatic rings. The van der Waals surface area contributed by atoms with Crippen LogP contribution in [-0.4, -0.2) is 30.8 Å². The van der Waals surface area contributed by atoms with Crippen LogP contribution < -0.4 is 16.0 Å². The van der Waals surface area contributed by atoms with E-state index in [0.29, 0.717) is 29.9 Å². The van der Waals surface area contributed by atoms with Gasteiger partial charge in [0.1, 0.15) is 0 Å². The molecule has 0 atom stereocenters. The van der Waals surface area contributed by atoms with Crippen molar-refractivity contribution in [3.05, 3.63) is 77.9 Å². The Morgan fingerprint density at radius 1 is 0.767 bits per heavy atom. The Morgan fingerprint density at radius 3 is 2.23 bits per heavy atom. The Kier molecular flexibility index (Phi) is 5.75. The van der Waals surface area contributed by atoms with Crippen LogP contribution in [0.4, 0.5) is 5.69 Å². The van der Waals surface area contributed by atoms with E-state index in [2.05, 4.69) is 16.0 Å². The molecule has 0 heterocycles. The van der Waals surface area contributed by atoms with Gasteiger partial charge in [-0.15, -0.1) is 0 Å². The summed E-state index contributed by atoms with van der Waals surface area (Å²) >= 11 is 0. The van der Waals surface area contributed by atoms with Gasteiger partial charge in [0, 0.05) is 35.8 Å². The third kappa shape index (κ3) is 4.66. The Morgan fingerprint density at radius 2 is 1.47 bits per heavy atom. The third-order valence-electron chi connectivity index (χ3n) is 5.10. The van der Waals surface area contributed by atoms with Crippen LogP contribution in [0.25, 0.3) is 10.8 Å². The molecule has 6 nitrogen and oxygen atoms in total. The smallest absolute Gasteiger partial charge is 0.256 e. The monoisotopic (exact) mass is 401 g/mol. The summed E-state index contributed by atoms with van der Waals surface area (Å²) in [6.45, 7) is 0.789. The summed E-state index contributed by atoms with van der Waals surface area (Å²) in [7, 11) is 0. The molecule has 1 fully saturated rings. The maximum atomic E-state index is 12.7. The van der Waals surface area contributed by atoms with Crippen LogP contribution in [0.5, 0.6) is 0 Å². The van der Waals surface area contributed by atoms with Crippen LogP contribution in [-0.2, 0) is 4.79 Å². The highest BCUT2D eigenvalue weighted by Gasteiger charge is 2.29. The first-order valence-electron chi connectivity index (χ1n) is 10.1. The van der Waals surface area contributed by atoms with Crippen molar-refractivity contribution >= 4 is 34.2 Å². The van der Waals surface area contributed by atoms with E-state index < -0.39 is 0 Å². The van der Waals surface area contributed by atoms with Gasteiger partial charge in [-0.3, -0.25) is 14.4 Å². The van der Waals surface area contributed by atoms with Gasteiger partial charge in [0.2, 0.25) is 5.91 Å². The van der Waals surface area contributed by atoms with Crippen molar-refractivity contribution in [2.45, 2.75) is 12.8 Å². The van der Waals surface area contributed by atoms with E-state index in [1.807, 2.05) is 36.4 Å². The number of anilines is 1. The van der Waals surface area contributed by atoms with Gasteiger partial charge in [0.05, 0.1) is 0 Å². The molecule has 0 unspecified atom stereocenters. The van der Waals surface area contributed by atoms with E-state index in [1.165, 1.54) is 0 Å². The summed E-state index contributed by atoms with van der Waals surface area (Å²) in [5.74, 6) is -0.189. The standard InChI is InChI=1S/C24H23N3O3/c28-22(17-8-9-17)25-14-15-26-23(29)18-10-12-19(13-11-18)27-24(30)21-7-3-5-16-4-1-2-6-20(16)21/h1-7,10-13,17H,8-9,14-15H2,(H,25,28)(H,26,29)(H,27,30). The van der Waals surface area contributed by atoms with Gasteiger partial charge < -0.3 is 16.0 Å². The first-order valence-corrected chi connectivity index (χ1v) is 10.1. The molecule has 30 heavy (non-hydrogen) atoms. The number of rotatable bonds is 7. The minimum atomic E-state index is -0.220. The molecule has 6 heteroatoms. The molecule has 3 N–H and O–H groups in total.